The lowest BCUT2D eigenvalue weighted by Gasteiger charge is -2.12. The predicted octanol–water partition coefficient (Wildman–Crippen LogP) is 5.89. The van der Waals surface area contributed by atoms with Crippen molar-refractivity contribution in [3.05, 3.63) is 92.4 Å². The third kappa shape index (κ3) is 6.82. The van der Waals surface area contributed by atoms with E-state index in [9.17, 15) is 9.59 Å². The average Bonchev–Trinajstić information content (AvgIpc) is 2.76. The number of nitrogens with one attached hydrogen (secondary N) is 1. The summed E-state index contributed by atoms with van der Waals surface area (Å²) in [6.45, 7) is 1.63. The highest BCUT2D eigenvalue weighted by atomic mass is 79.9. The van der Waals surface area contributed by atoms with Gasteiger partial charge in [-0.25, -0.2) is 10.2 Å². The fourth-order valence-electron chi connectivity index (χ4n) is 2.47. The summed E-state index contributed by atoms with van der Waals surface area (Å²) in [5, 5.41) is 4.56. The first-order chi connectivity index (χ1) is 15.3. The molecule has 1 N–H and O–H groups in total. The van der Waals surface area contributed by atoms with Crippen LogP contribution in [0.15, 0.2) is 76.3 Å². The molecule has 0 spiro atoms. The number of nitrogens with zero attached hydrogens (tertiary/aromatic N) is 1. The molecule has 0 saturated carbocycles. The maximum atomic E-state index is 12.3. The number of benzene rings is 3. The number of amides is 1. The van der Waals surface area contributed by atoms with Crippen molar-refractivity contribution in [2.45, 2.75) is 13.0 Å². The molecule has 1 amide bonds. The summed E-state index contributed by atoms with van der Waals surface area (Å²) in [6, 6.07) is 18.3. The average molecular weight is 536 g/mol. The number of ether oxygens (including phenoxy) is 2. The standard InChI is InChI=1S/C23H17BrCl2N2O4/c1-14(31-18-9-4-16(24)5-10-18)22(29)28-27-13-15-2-7-19(8-3-15)32-23(30)20-11-6-17(25)12-21(20)26/h2-14H,1H3,(H,28,29). The Morgan fingerprint density at radius 1 is 1.00 bits per heavy atom. The lowest BCUT2D eigenvalue weighted by Crippen LogP contribution is -2.33. The molecule has 3 aromatic carbocycles. The van der Waals surface area contributed by atoms with Gasteiger partial charge in [0.2, 0.25) is 0 Å². The first-order valence-electron chi connectivity index (χ1n) is 9.34. The van der Waals surface area contributed by atoms with Crippen molar-refractivity contribution in [3.63, 3.8) is 0 Å². The van der Waals surface area contributed by atoms with Crippen LogP contribution in [0.3, 0.4) is 0 Å². The molecule has 0 aliphatic rings. The van der Waals surface area contributed by atoms with E-state index in [4.69, 9.17) is 32.7 Å². The van der Waals surface area contributed by atoms with E-state index in [0.29, 0.717) is 22.1 Å². The first-order valence-corrected chi connectivity index (χ1v) is 10.9. The van der Waals surface area contributed by atoms with Crippen LogP contribution in [0.5, 0.6) is 11.5 Å². The molecule has 0 aliphatic carbocycles. The van der Waals surface area contributed by atoms with Crippen LogP contribution < -0.4 is 14.9 Å². The van der Waals surface area contributed by atoms with Gasteiger partial charge >= 0.3 is 5.97 Å². The molecule has 1 atom stereocenters. The van der Waals surface area contributed by atoms with Crippen molar-refractivity contribution in [3.8, 4) is 11.5 Å². The van der Waals surface area contributed by atoms with Gasteiger partial charge in [0.1, 0.15) is 11.5 Å². The van der Waals surface area contributed by atoms with Gasteiger partial charge in [-0.2, -0.15) is 5.10 Å². The van der Waals surface area contributed by atoms with Gasteiger partial charge < -0.3 is 9.47 Å². The van der Waals surface area contributed by atoms with Crippen molar-refractivity contribution in [1.29, 1.82) is 0 Å². The summed E-state index contributed by atoms with van der Waals surface area (Å²) >= 11 is 15.2. The minimum Gasteiger partial charge on any atom is -0.481 e. The van der Waals surface area contributed by atoms with E-state index in [-0.39, 0.29) is 10.6 Å². The smallest absolute Gasteiger partial charge is 0.345 e. The second kappa shape index (κ2) is 11.1. The van der Waals surface area contributed by atoms with Crippen molar-refractivity contribution < 1.29 is 19.1 Å². The SMILES string of the molecule is CC(Oc1ccc(Br)cc1)C(=O)NN=Cc1ccc(OC(=O)c2ccc(Cl)cc2Cl)cc1. The van der Waals surface area contributed by atoms with E-state index in [1.165, 1.54) is 18.3 Å². The van der Waals surface area contributed by atoms with E-state index in [1.807, 2.05) is 12.1 Å². The molecule has 0 heterocycles. The highest BCUT2D eigenvalue weighted by Crippen LogP contribution is 2.23. The fourth-order valence-corrected chi connectivity index (χ4v) is 3.22. The molecule has 0 aliphatic heterocycles. The predicted molar refractivity (Wildman–Crippen MR) is 128 cm³/mol. The monoisotopic (exact) mass is 534 g/mol. The molecular weight excluding hydrogens is 519 g/mol. The van der Waals surface area contributed by atoms with Gasteiger partial charge in [0, 0.05) is 9.50 Å². The highest BCUT2D eigenvalue weighted by molar-refractivity contribution is 9.10. The van der Waals surface area contributed by atoms with Crippen LogP contribution in [0.1, 0.15) is 22.8 Å². The van der Waals surface area contributed by atoms with Crippen molar-refractivity contribution in [2.24, 2.45) is 5.10 Å². The molecule has 0 radical (unpaired) electrons. The Hall–Kier alpha value is -2.87. The quantitative estimate of drug-likeness (QED) is 0.177. The van der Waals surface area contributed by atoms with Gasteiger partial charge in [0.15, 0.2) is 6.10 Å². The molecule has 0 saturated heterocycles. The number of hydrazone groups is 1. The molecule has 32 heavy (non-hydrogen) atoms. The number of esters is 1. The van der Waals surface area contributed by atoms with Gasteiger partial charge in [0.05, 0.1) is 16.8 Å². The molecule has 6 nitrogen and oxygen atoms in total. The molecule has 0 fully saturated rings. The zero-order valence-corrected chi connectivity index (χ0v) is 19.8. The van der Waals surface area contributed by atoms with Crippen LogP contribution in [0.25, 0.3) is 0 Å². The van der Waals surface area contributed by atoms with E-state index < -0.39 is 18.0 Å². The van der Waals surface area contributed by atoms with Crippen LogP contribution in [-0.2, 0) is 4.79 Å². The molecule has 0 aromatic heterocycles. The fraction of sp³-hybridized carbons (Fsp3) is 0.0870. The summed E-state index contributed by atoms with van der Waals surface area (Å²) in [4.78, 5) is 24.4. The molecular formula is C23H17BrCl2N2O4. The Morgan fingerprint density at radius 2 is 1.66 bits per heavy atom. The third-order valence-corrected chi connectivity index (χ3v) is 5.20. The molecule has 3 rings (SSSR count). The zero-order valence-electron chi connectivity index (χ0n) is 16.7. The van der Waals surface area contributed by atoms with Crippen LogP contribution in [0.4, 0.5) is 0 Å². The molecule has 9 heteroatoms. The van der Waals surface area contributed by atoms with Crippen molar-refractivity contribution >= 4 is 57.2 Å². The first kappa shape index (κ1) is 23.8. The summed E-state index contributed by atoms with van der Waals surface area (Å²) < 4.78 is 11.8. The lowest BCUT2D eigenvalue weighted by atomic mass is 10.2. The van der Waals surface area contributed by atoms with Crippen molar-refractivity contribution in [1.82, 2.24) is 5.43 Å². The number of halogens is 3. The second-order valence-electron chi connectivity index (χ2n) is 6.53. The molecule has 3 aromatic rings. The molecule has 1 unspecified atom stereocenters. The topological polar surface area (TPSA) is 77.0 Å². The maximum absolute atomic E-state index is 12.3. The van der Waals surface area contributed by atoms with Gasteiger partial charge in [-0.3, -0.25) is 4.79 Å². The lowest BCUT2D eigenvalue weighted by molar-refractivity contribution is -0.127. The summed E-state index contributed by atoms with van der Waals surface area (Å²) in [5.41, 5.74) is 3.33. The van der Waals surface area contributed by atoms with Crippen LogP contribution in [-0.4, -0.2) is 24.2 Å². The van der Waals surface area contributed by atoms with Crippen LogP contribution in [0, 0.1) is 0 Å². The Morgan fingerprint density at radius 3 is 2.31 bits per heavy atom. The number of carbonyl (C=O) groups excluding carboxylic acids is 2. The Kier molecular flexibility index (Phi) is 8.27. The normalized spacial score (nSPS) is 11.8. The third-order valence-electron chi connectivity index (χ3n) is 4.13. The van der Waals surface area contributed by atoms with Crippen molar-refractivity contribution in [2.75, 3.05) is 0 Å². The molecule has 164 valence electrons. The number of carbonyl (C=O) groups is 2. The van der Waals surface area contributed by atoms with Gasteiger partial charge in [-0.1, -0.05) is 39.1 Å². The minimum atomic E-state index is -0.727. The molecule has 0 bridgehead atoms. The van der Waals surface area contributed by atoms with Gasteiger partial charge in [0.25, 0.3) is 5.91 Å². The summed E-state index contributed by atoms with van der Waals surface area (Å²) in [7, 11) is 0. The summed E-state index contributed by atoms with van der Waals surface area (Å²) in [6.07, 6.45) is 0.737. The zero-order chi connectivity index (χ0) is 23.1. The van der Waals surface area contributed by atoms with E-state index in [0.717, 1.165) is 4.47 Å². The minimum absolute atomic E-state index is 0.209. The van der Waals surface area contributed by atoms with Crippen LogP contribution in [0.2, 0.25) is 10.0 Å². The Labute approximate surface area is 203 Å². The Balaban J connectivity index is 1.51. The largest absolute Gasteiger partial charge is 0.481 e. The maximum Gasteiger partial charge on any atom is 0.345 e. The van der Waals surface area contributed by atoms with Crippen LogP contribution >= 0.6 is 39.1 Å². The van der Waals surface area contributed by atoms with E-state index in [1.54, 1.807) is 49.4 Å². The number of hydrogen-bond donors (Lipinski definition) is 1. The van der Waals surface area contributed by atoms with Gasteiger partial charge in [-0.05, 0) is 79.2 Å². The van der Waals surface area contributed by atoms with Gasteiger partial charge in [-0.15, -0.1) is 0 Å². The second-order valence-corrected chi connectivity index (χ2v) is 8.29. The van der Waals surface area contributed by atoms with E-state index in [2.05, 4.69) is 26.5 Å². The highest BCUT2D eigenvalue weighted by Gasteiger charge is 2.14. The Bertz CT molecular complexity index is 1140. The summed E-state index contributed by atoms with van der Waals surface area (Å²) in [5.74, 6) is -0.0850. The number of hydrogen-bond acceptors (Lipinski definition) is 5. The van der Waals surface area contributed by atoms with E-state index >= 15 is 0 Å². The number of rotatable bonds is 7.